The quantitative estimate of drug-likeness (QED) is 0.713. The number of halogens is 1. The maximum Gasteiger partial charge on any atom is 0.332 e. The molecule has 0 amide bonds. The molecule has 0 saturated carbocycles. The summed E-state index contributed by atoms with van der Waals surface area (Å²) in [6.07, 6.45) is 0. The minimum Gasteiger partial charge on any atom is -0.302 e. The molecule has 4 nitrogen and oxygen atoms in total. The molecule has 0 saturated heterocycles. The van der Waals surface area contributed by atoms with E-state index in [4.69, 9.17) is 0 Å². The fraction of sp³-hybridized carbons (Fsp3) is 0.125. The monoisotopic (exact) mass is 247 g/mol. The van der Waals surface area contributed by atoms with Crippen molar-refractivity contribution < 1.29 is 12.3 Å². The largest absolute Gasteiger partial charge is 0.332 e. The van der Waals surface area contributed by atoms with E-state index in [0.717, 1.165) is 23.5 Å². The number of nitrogens with zero attached hydrogens (tertiary/aromatic N) is 1. The fourth-order valence-electron chi connectivity index (χ4n) is 1.27. The van der Waals surface area contributed by atoms with Gasteiger partial charge in [-0.05, 0) is 18.2 Å². The molecule has 0 aliphatic carbocycles. The van der Waals surface area contributed by atoms with Crippen LogP contribution >= 0.6 is 11.3 Å². The Morgan fingerprint density at radius 2 is 2.07 bits per heavy atom. The highest BCUT2D eigenvalue weighted by atomic mass is 32.3. The number of hydrogen-bond donors (Lipinski definition) is 0. The van der Waals surface area contributed by atoms with Crippen LogP contribution in [0.15, 0.2) is 27.9 Å². The van der Waals surface area contributed by atoms with E-state index in [9.17, 15) is 17.1 Å². The van der Waals surface area contributed by atoms with Gasteiger partial charge in [0.2, 0.25) is 0 Å². The van der Waals surface area contributed by atoms with Gasteiger partial charge in [0, 0.05) is 7.05 Å². The van der Waals surface area contributed by atoms with Gasteiger partial charge >= 0.3 is 15.1 Å². The minimum absolute atomic E-state index is 0.210. The molecular formula is C8H6FNO3S2. The number of hydrogen-bond acceptors (Lipinski definition) is 4. The number of thiazole rings is 1. The molecule has 0 atom stereocenters. The third kappa shape index (κ3) is 1.68. The molecule has 0 bridgehead atoms. The Balaban J connectivity index is 2.84. The number of aryl methyl sites for hydroxylation is 1. The Morgan fingerprint density at radius 1 is 1.40 bits per heavy atom. The van der Waals surface area contributed by atoms with Gasteiger partial charge in [-0.25, -0.2) is 0 Å². The molecule has 7 heteroatoms. The Kier molecular flexibility index (Phi) is 2.16. The van der Waals surface area contributed by atoms with Crippen molar-refractivity contribution in [1.82, 2.24) is 4.57 Å². The van der Waals surface area contributed by atoms with Gasteiger partial charge in [0.05, 0.1) is 10.2 Å². The zero-order chi connectivity index (χ0) is 11.2. The van der Waals surface area contributed by atoms with Crippen LogP contribution in [0.1, 0.15) is 0 Å². The van der Waals surface area contributed by atoms with Crippen molar-refractivity contribution >= 4 is 31.8 Å². The summed E-state index contributed by atoms with van der Waals surface area (Å²) >= 11 is 0.885. The molecule has 1 aromatic heterocycles. The summed E-state index contributed by atoms with van der Waals surface area (Å²) in [6, 6.07) is 3.72. The van der Waals surface area contributed by atoms with Gasteiger partial charge in [-0.3, -0.25) is 4.79 Å². The normalized spacial score (nSPS) is 12.1. The van der Waals surface area contributed by atoms with E-state index in [1.165, 1.54) is 10.6 Å². The minimum atomic E-state index is -4.70. The topological polar surface area (TPSA) is 56.1 Å². The van der Waals surface area contributed by atoms with Gasteiger partial charge in [0.25, 0.3) is 0 Å². The standard InChI is InChI=1S/C8H6FNO3S2/c1-10-6-3-2-5(15(9,12)13)4-7(6)14-8(10)11/h2-4H,1H3. The lowest BCUT2D eigenvalue weighted by molar-refractivity contribution is 0.552. The van der Waals surface area contributed by atoms with Gasteiger partial charge in [-0.2, -0.15) is 8.42 Å². The second-order valence-electron chi connectivity index (χ2n) is 2.99. The van der Waals surface area contributed by atoms with Crippen molar-refractivity contribution in [1.29, 1.82) is 0 Å². The molecule has 1 aromatic carbocycles. The Morgan fingerprint density at radius 3 is 2.67 bits per heavy atom. The van der Waals surface area contributed by atoms with Crippen molar-refractivity contribution in [2.24, 2.45) is 7.05 Å². The van der Waals surface area contributed by atoms with Gasteiger partial charge in [0.15, 0.2) is 0 Å². The summed E-state index contributed by atoms with van der Waals surface area (Å²) in [5.41, 5.74) is 0.595. The SMILES string of the molecule is Cn1c(=O)sc2cc(S(=O)(=O)F)ccc21. The van der Waals surface area contributed by atoms with E-state index < -0.39 is 15.1 Å². The first-order chi connectivity index (χ1) is 6.89. The van der Waals surface area contributed by atoms with Crippen LogP contribution in [0.5, 0.6) is 0 Å². The van der Waals surface area contributed by atoms with E-state index in [0.29, 0.717) is 10.2 Å². The van der Waals surface area contributed by atoms with Crippen molar-refractivity contribution in [2.45, 2.75) is 4.90 Å². The molecule has 0 spiro atoms. The fourth-order valence-corrected chi connectivity index (χ4v) is 2.75. The smallest absolute Gasteiger partial charge is 0.302 e. The summed E-state index contributed by atoms with van der Waals surface area (Å²) in [7, 11) is -3.13. The molecule has 2 aromatic rings. The molecule has 0 aliphatic heterocycles. The molecule has 1 heterocycles. The third-order valence-electron chi connectivity index (χ3n) is 2.05. The zero-order valence-electron chi connectivity index (χ0n) is 7.60. The summed E-state index contributed by atoms with van der Waals surface area (Å²) in [6.45, 7) is 0. The van der Waals surface area contributed by atoms with Crippen LogP contribution in [-0.2, 0) is 17.3 Å². The number of fused-ring (bicyclic) bond motifs is 1. The molecule has 80 valence electrons. The maximum atomic E-state index is 12.6. The van der Waals surface area contributed by atoms with Gasteiger partial charge < -0.3 is 4.57 Å². The third-order valence-corrected chi connectivity index (χ3v) is 3.86. The predicted molar refractivity (Wildman–Crippen MR) is 55.4 cm³/mol. The lowest BCUT2D eigenvalue weighted by atomic mass is 10.3. The second-order valence-corrected chi connectivity index (χ2v) is 5.33. The van der Waals surface area contributed by atoms with Crippen LogP contribution in [0.3, 0.4) is 0 Å². The Bertz CT molecular complexity index is 683. The van der Waals surface area contributed by atoms with Gasteiger partial charge in [-0.15, -0.1) is 3.89 Å². The first-order valence-corrected chi connectivity index (χ1v) is 6.14. The lowest BCUT2D eigenvalue weighted by Crippen LogP contribution is -2.06. The zero-order valence-corrected chi connectivity index (χ0v) is 9.23. The highest BCUT2D eigenvalue weighted by Gasteiger charge is 2.14. The van der Waals surface area contributed by atoms with Crippen LogP contribution in [-0.4, -0.2) is 13.0 Å². The maximum absolute atomic E-state index is 12.6. The predicted octanol–water partition coefficient (Wildman–Crippen LogP) is 1.26. The van der Waals surface area contributed by atoms with Gasteiger partial charge in [0.1, 0.15) is 4.90 Å². The molecule has 15 heavy (non-hydrogen) atoms. The van der Waals surface area contributed by atoms with Crippen molar-refractivity contribution in [3.05, 3.63) is 27.9 Å². The highest BCUT2D eigenvalue weighted by Crippen LogP contribution is 2.21. The number of benzene rings is 1. The summed E-state index contributed by atoms with van der Waals surface area (Å²) in [5, 5.41) is 0. The van der Waals surface area contributed by atoms with Crippen molar-refractivity contribution in [3.8, 4) is 0 Å². The Hall–Kier alpha value is -1.21. The number of rotatable bonds is 1. The average Bonchev–Trinajstić information content (AvgIpc) is 2.41. The van der Waals surface area contributed by atoms with E-state index in [-0.39, 0.29) is 4.87 Å². The first-order valence-electron chi connectivity index (χ1n) is 3.94. The molecule has 0 fully saturated rings. The van der Waals surface area contributed by atoms with Crippen molar-refractivity contribution in [2.75, 3.05) is 0 Å². The molecule has 2 rings (SSSR count). The average molecular weight is 247 g/mol. The van der Waals surface area contributed by atoms with Crippen LogP contribution < -0.4 is 4.87 Å². The van der Waals surface area contributed by atoms with Crippen LogP contribution in [0.25, 0.3) is 10.2 Å². The van der Waals surface area contributed by atoms with E-state index >= 15 is 0 Å². The molecule has 0 N–H and O–H groups in total. The summed E-state index contributed by atoms with van der Waals surface area (Å²) < 4.78 is 35.7. The summed E-state index contributed by atoms with van der Waals surface area (Å²) in [4.78, 5) is 10.6. The highest BCUT2D eigenvalue weighted by molar-refractivity contribution is 7.86. The first kappa shape index (κ1) is 10.3. The number of aromatic nitrogens is 1. The van der Waals surface area contributed by atoms with Gasteiger partial charge in [-0.1, -0.05) is 11.3 Å². The Labute approximate surface area is 88.8 Å². The van der Waals surface area contributed by atoms with Crippen LogP contribution in [0.4, 0.5) is 3.89 Å². The second kappa shape index (κ2) is 3.14. The molecule has 0 unspecified atom stereocenters. The molecule has 0 radical (unpaired) electrons. The van der Waals surface area contributed by atoms with E-state index in [1.807, 2.05) is 0 Å². The van der Waals surface area contributed by atoms with E-state index in [2.05, 4.69) is 0 Å². The van der Waals surface area contributed by atoms with Crippen LogP contribution in [0.2, 0.25) is 0 Å². The summed E-state index contributed by atoms with van der Waals surface area (Å²) in [5.74, 6) is 0. The van der Waals surface area contributed by atoms with Crippen LogP contribution in [0, 0.1) is 0 Å². The molecular weight excluding hydrogens is 241 g/mol. The van der Waals surface area contributed by atoms with E-state index in [1.54, 1.807) is 7.05 Å². The molecule has 0 aliphatic rings. The lowest BCUT2D eigenvalue weighted by Gasteiger charge is -1.96. The van der Waals surface area contributed by atoms with Crippen molar-refractivity contribution in [3.63, 3.8) is 0 Å².